The number of methoxy groups -OCH3 is 1. The summed E-state index contributed by atoms with van der Waals surface area (Å²) in [5, 5.41) is 10.9. The Morgan fingerprint density at radius 1 is 0.844 bits per heavy atom. The van der Waals surface area contributed by atoms with Crippen molar-refractivity contribution in [3.05, 3.63) is 64.7 Å². The van der Waals surface area contributed by atoms with E-state index in [0.717, 1.165) is 34.7 Å². The first-order chi connectivity index (χ1) is 15.7. The van der Waals surface area contributed by atoms with Crippen LogP contribution in [-0.4, -0.2) is 28.1 Å². The van der Waals surface area contributed by atoms with Crippen LogP contribution in [0.2, 0.25) is 5.02 Å². The van der Waals surface area contributed by atoms with Crippen LogP contribution in [0.3, 0.4) is 0 Å². The molecule has 2 aromatic carbocycles. The van der Waals surface area contributed by atoms with Crippen molar-refractivity contribution in [2.24, 2.45) is 0 Å². The molecule has 168 valence electrons. The number of anilines is 3. The third-order valence-electron chi connectivity index (χ3n) is 5.57. The van der Waals surface area contributed by atoms with Crippen molar-refractivity contribution in [1.82, 2.24) is 15.0 Å². The Morgan fingerprint density at radius 3 is 2.22 bits per heavy atom. The number of aromatic nitrogens is 3. The minimum atomic E-state index is 0.400. The number of rotatable bonds is 9. The maximum atomic E-state index is 5.99. The zero-order valence-corrected chi connectivity index (χ0v) is 19.0. The second kappa shape index (κ2) is 11.0. The summed E-state index contributed by atoms with van der Waals surface area (Å²) in [5.41, 5.74) is 2.13. The fourth-order valence-corrected chi connectivity index (χ4v) is 3.96. The fourth-order valence-electron chi connectivity index (χ4n) is 3.83. The van der Waals surface area contributed by atoms with Gasteiger partial charge in [-0.3, -0.25) is 0 Å². The molecule has 1 fully saturated rings. The highest BCUT2D eigenvalue weighted by Crippen LogP contribution is 2.22. The van der Waals surface area contributed by atoms with Gasteiger partial charge < -0.3 is 20.7 Å². The van der Waals surface area contributed by atoms with Crippen molar-refractivity contribution in [2.75, 3.05) is 23.1 Å². The molecule has 7 nitrogen and oxygen atoms in total. The molecule has 0 spiro atoms. The molecule has 0 amide bonds. The Bertz CT molecular complexity index is 1010. The molecule has 4 rings (SSSR count). The molecule has 3 N–H and O–H groups in total. The van der Waals surface area contributed by atoms with E-state index in [1.807, 2.05) is 48.5 Å². The lowest BCUT2D eigenvalue weighted by Crippen LogP contribution is -2.24. The van der Waals surface area contributed by atoms with Gasteiger partial charge in [0.25, 0.3) is 0 Å². The van der Waals surface area contributed by atoms with E-state index in [9.17, 15) is 0 Å². The van der Waals surface area contributed by atoms with E-state index < -0.39 is 0 Å². The average Bonchev–Trinajstić information content (AvgIpc) is 2.83. The smallest absolute Gasteiger partial charge is 0.229 e. The first-order valence-electron chi connectivity index (χ1n) is 11.1. The molecule has 8 heteroatoms. The minimum Gasteiger partial charge on any atom is -0.496 e. The van der Waals surface area contributed by atoms with Crippen LogP contribution in [0, 0.1) is 0 Å². The lowest BCUT2D eigenvalue weighted by Gasteiger charge is -2.23. The normalized spacial score (nSPS) is 14.1. The van der Waals surface area contributed by atoms with Gasteiger partial charge in [0.1, 0.15) is 5.75 Å². The summed E-state index contributed by atoms with van der Waals surface area (Å²) in [6, 6.07) is 16.0. The van der Waals surface area contributed by atoms with E-state index in [4.69, 9.17) is 16.3 Å². The predicted octanol–water partition coefficient (Wildman–Crippen LogP) is 5.50. The summed E-state index contributed by atoms with van der Waals surface area (Å²) in [6.07, 6.45) is 6.06. The quantitative estimate of drug-likeness (QED) is 0.395. The van der Waals surface area contributed by atoms with E-state index in [1.165, 1.54) is 19.3 Å². The molecule has 1 aliphatic rings. The van der Waals surface area contributed by atoms with Gasteiger partial charge >= 0.3 is 0 Å². The number of nitrogens with one attached hydrogen (secondary N) is 3. The highest BCUT2D eigenvalue weighted by Gasteiger charge is 2.16. The van der Waals surface area contributed by atoms with Gasteiger partial charge in [-0.15, -0.1) is 0 Å². The number of benzene rings is 2. The summed E-state index contributed by atoms with van der Waals surface area (Å²) in [5.74, 6) is 2.46. The molecular weight excluding hydrogens is 424 g/mol. The zero-order chi connectivity index (χ0) is 22.2. The number of nitrogens with zero attached hydrogens (tertiary/aromatic N) is 3. The van der Waals surface area contributed by atoms with Gasteiger partial charge in [-0.1, -0.05) is 61.2 Å². The molecular formula is C24H29ClN6O. The highest BCUT2D eigenvalue weighted by atomic mass is 35.5. The summed E-state index contributed by atoms with van der Waals surface area (Å²) < 4.78 is 5.45. The number of ether oxygens (including phenoxy) is 1. The zero-order valence-electron chi connectivity index (χ0n) is 18.3. The molecule has 3 aromatic rings. The topological polar surface area (TPSA) is 84.0 Å². The Morgan fingerprint density at radius 2 is 1.50 bits per heavy atom. The molecule has 1 saturated carbocycles. The van der Waals surface area contributed by atoms with Crippen LogP contribution in [0.4, 0.5) is 17.8 Å². The number of hydrogen-bond acceptors (Lipinski definition) is 7. The first-order valence-corrected chi connectivity index (χ1v) is 11.4. The van der Waals surface area contributed by atoms with Gasteiger partial charge in [0.05, 0.1) is 7.11 Å². The predicted molar refractivity (Wildman–Crippen MR) is 129 cm³/mol. The first kappa shape index (κ1) is 22.1. The van der Waals surface area contributed by atoms with Crippen molar-refractivity contribution in [3.8, 4) is 5.75 Å². The molecule has 1 heterocycles. The monoisotopic (exact) mass is 452 g/mol. The molecule has 0 saturated heterocycles. The molecule has 0 aliphatic heterocycles. The van der Waals surface area contributed by atoms with Crippen LogP contribution < -0.4 is 20.7 Å². The Labute approximate surface area is 194 Å². The fraction of sp³-hybridized carbons (Fsp3) is 0.375. The molecule has 1 aromatic heterocycles. The van der Waals surface area contributed by atoms with Crippen LogP contribution in [-0.2, 0) is 13.1 Å². The van der Waals surface area contributed by atoms with Crippen molar-refractivity contribution in [1.29, 1.82) is 0 Å². The number of para-hydroxylation sites is 1. The Kier molecular flexibility index (Phi) is 7.61. The van der Waals surface area contributed by atoms with Crippen LogP contribution >= 0.6 is 11.6 Å². The van der Waals surface area contributed by atoms with Crippen molar-refractivity contribution >= 4 is 29.4 Å². The third-order valence-corrected chi connectivity index (χ3v) is 5.82. The van der Waals surface area contributed by atoms with Crippen molar-refractivity contribution < 1.29 is 4.74 Å². The van der Waals surface area contributed by atoms with Gasteiger partial charge in [0.2, 0.25) is 17.8 Å². The molecule has 1 aliphatic carbocycles. The van der Waals surface area contributed by atoms with Crippen LogP contribution in [0.5, 0.6) is 5.75 Å². The summed E-state index contributed by atoms with van der Waals surface area (Å²) in [6.45, 7) is 1.14. The summed E-state index contributed by atoms with van der Waals surface area (Å²) >= 11 is 5.99. The SMILES string of the molecule is COc1ccccc1CNc1nc(NCc2ccc(Cl)cc2)nc(NC2CCCCC2)n1. The van der Waals surface area contributed by atoms with Gasteiger partial charge in [-0.2, -0.15) is 15.0 Å². The van der Waals surface area contributed by atoms with Gasteiger partial charge in [0, 0.05) is 29.7 Å². The second-order valence-corrected chi connectivity index (χ2v) is 8.37. The van der Waals surface area contributed by atoms with Crippen LogP contribution in [0.15, 0.2) is 48.5 Å². The highest BCUT2D eigenvalue weighted by molar-refractivity contribution is 6.30. The minimum absolute atomic E-state index is 0.400. The van der Waals surface area contributed by atoms with E-state index in [0.29, 0.717) is 37.0 Å². The summed E-state index contributed by atoms with van der Waals surface area (Å²) in [4.78, 5) is 13.8. The number of halogens is 1. The van der Waals surface area contributed by atoms with E-state index in [1.54, 1.807) is 7.11 Å². The summed E-state index contributed by atoms with van der Waals surface area (Å²) in [7, 11) is 1.67. The van der Waals surface area contributed by atoms with E-state index in [2.05, 4.69) is 30.9 Å². The van der Waals surface area contributed by atoms with Gasteiger partial charge in [-0.05, 0) is 36.6 Å². The molecule has 0 bridgehead atoms. The maximum Gasteiger partial charge on any atom is 0.229 e. The molecule has 0 radical (unpaired) electrons. The standard InChI is InChI=1S/C24H29ClN6O/c1-32-21-10-6-5-7-18(21)16-27-23-29-22(26-15-17-11-13-19(25)14-12-17)30-24(31-23)28-20-8-3-2-4-9-20/h5-7,10-14,20H,2-4,8-9,15-16H2,1H3,(H3,26,27,28,29,30,31). The van der Waals surface area contributed by atoms with Crippen LogP contribution in [0.25, 0.3) is 0 Å². The lowest BCUT2D eigenvalue weighted by atomic mass is 9.96. The average molecular weight is 453 g/mol. The Hall–Kier alpha value is -3.06. The van der Waals surface area contributed by atoms with E-state index >= 15 is 0 Å². The maximum absolute atomic E-state index is 5.99. The van der Waals surface area contributed by atoms with E-state index in [-0.39, 0.29) is 0 Å². The molecule has 0 atom stereocenters. The molecule has 32 heavy (non-hydrogen) atoms. The molecule has 0 unspecified atom stereocenters. The second-order valence-electron chi connectivity index (χ2n) is 7.93. The van der Waals surface area contributed by atoms with Crippen molar-refractivity contribution in [3.63, 3.8) is 0 Å². The third kappa shape index (κ3) is 6.23. The largest absolute Gasteiger partial charge is 0.496 e. The van der Waals surface area contributed by atoms with Crippen molar-refractivity contribution in [2.45, 2.75) is 51.2 Å². The van der Waals surface area contributed by atoms with Crippen LogP contribution in [0.1, 0.15) is 43.2 Å². The van der Waals surface area contributed by atoms with Gasteiger partial charge in [0.15, 0.2) is 0 Å². The number of hydrogen-bond donors (Lipinski definition) is 3. The lowest BCUT2D eigenvalue weighted by molar-refractivity contribution is 0.410. The Balaban J connectivity index is 1.49. The van der Waals surface area contributed by atoms with Gasteiger partial charge in [-0.25, -0.2) is 0 Å².